The van der Waals surface area contributed by atoms with E-state index < -0.39 is 0 Å². The minimum Gasteiger partial charge on any atom is -0.230 e. The molecule has 2 aromatic carbocycles. The first kappa shape index (κ1) is 13.9. The van der Waals surface area contributed by atoms with Gasteiger partial charge >= 0.3 is 0 Å². The number of rotatable bonds is 4. The second-order valence-electron chi connectivity index (χ2n) is 4.28. The van der Waals surface area contributed by atoms with Gasteiger partial charge < -0.3 is 0 Å². The lowest BCUT2D eigenvalue weighted by Crippen LogP contribution is -1.80. The van der Waals surface area contributed by atoms with Crippen LogP contribution in [0.15, 0.2) is 69.5 Å². The average Bonchev–Trinajstić information content (AvgIpc) is 2.95. The van der Waals surface area contributed by atoms with Crippen LogP contribution in [0.2, 0.25) is 0 Å². The number of thiazole rings is 1. The van der Waals surface area contributed by atoms with E-state index in [2.05, 4.69) is 57.7 Å². The van der Waals surface area contributed by atoms with Crippen molar-refractivity contribution in [3.05, 3.63) is 70.0 Å². The minimum atomic E-state index is 0.961. The summed E-state index contributed by atoms with van der Waals surface area (Å²) in [6.45, 7) is 0. The monoisotopic (exact) mass is 361 g/mol. The first-order valence-electron chi connectivity index (χ1n) is 6.19. The van der Waals surface area contributed by atoms with Gasteiger partial charge in [0, 0.05) is 21.2 Å². The molecule has 0 bridgehead atoms. The molecule has 0 spiro atoms. The molecule has 1 nitrogen and oxygen atoms in total. The maximum absolute atomic E-state index is 4.70. The van der Waals surface area contributed by atoms with E-state index >= 15 is 0 Å². The quantitative estimate of drug-likeness (QED) is 0.539. The van der Waals surface area contributed by atoms with Crippen molar-refractivity contribution in [3.8, 4) is 10.6 Å². The van der Waals surface area contributed by atoms with Gasteiger partial charge in [0.05, 0.1) is 0 Å². The lowest BCUT2D eigenvalue weighted by atomic mass is 10.2. The van der Waals surface area contributed by atoms with Gasteiger partial charge in [-0.25, -0.2) is 4.98 Å². The predicted octanol–water partition coefficient (Wildman–Crippen LogP) is 5.86. The van der Waals surface area contributed by atoms with Gasteiger partial charge in [-0.05, 0) is 17.7 Å². The third-order valence-corrected chi connectivity index (χ3v) is 5.30. The molecule has 0 unspecified atom stereocenters. The van der Waals surface area contributed by atoms with Crippen molar-refractivity contribution >= 4 is 39.0 Å². The summed E-state index contributed by atoms with van der Waals surface area (Å²) in [7, 11) is 0. The average molecular weight is 362 g/mol. The number of benzene rings is 2. The lowest BCUT2D eigenvalue weighted by Gasteiger charge is -1.98. The molecule has 0 fully saturated rings. The smallest absolute Gasteiger partial charge is 0.124 e. The zero-order valence-electron chi connectivity index (χ0n) is 10.6. The maximum atomic E-state index is 4.70. The van der Waals surface area contributed by atoms with Gasteiger partial charge in [0.15, 0.2) is 0 Å². The summed E-state index contributed by atoms with van der Waals surface area (Å²) >= 11 is 6.97. The fraction of sp³-hybridized carbons (Fsp3) is 0.0625. The molecule has 0 saturated heterocycles. The summed E-state index contributed by atoms with van der Waals surface area (Å²) in [5, 5.41) is 4.29. The molecule has 100 valence electrons. The highest BCUT2D eigenvalue weighted by atomic mass is 79.9. The molecule has 3 aromatic rings. The summed E-state index contributed by atoms with van der Waals surface area (Å²) in [5.74, 6) is 0.961. The Labute approximate surface area is 135 Å². The van der Waals surface area contributed by atoms with Crippen LogP contribution in [0.5, 0.6) is 0 Å². The molecule has 0 radical (unpaired) electrons. The Kier molecular flexibility index (Phi) is 4.55. The summed E-state index contributed by atoms with van der Waals surface area (Å²) in [5.41, 5.74) is 2.49. The van der Waals surface area contributed by atoms with Crippen LogP contribution in [0.25, 0.3) is 10.6 Å². The molecule has 0 aliphatic heterocycles. The van der Waals surface area contributed by atoms with Gasteiger partial charge in [0.25, 0.3) is 0 Å². The van der Waals surface area contributed by atoms with Crippen LogP contribution in [0.4, 0.5) is 0 Å². The molecule has 1 aromatic heterocycles. The van der Waals surface area contributed by atoms with E-state index in [1.807, 2.05) is 18.2 Å². The number of aromatic nitrogens is 1. The van der Waals surface area contributed by atoms with Gasteiger partial charge in [0.2, 0.25) is 0 Å². The van der Waals surface area contributed by atoms with Crippen molar-refractivity contribution in [2.24, 2.45) is 0 Å². The summed E-state index contributed by atoms with van der Waals surface area (Å²) in [6.07, 6.45) is 0. The molecule has 20 heavy (non-hydrogen) atoms. The molecule has 0 saturated carbocycles. The highest BCUT2D eigenvalue weighted by Gasteiger charge is 2.05. The van der Waals surface area contributed by atoms with Gasteiger partial charge in [-0.3, -0.25) is 0 Å². The van der Waals surface area contributed by atoms with Crippen LogP contribution in [0, 0.1) is 0 Å². The van der Waals surface area contributed by atoms with Crippen LogP contribution in [-0.4, -0.2) is 4.98 Å². The normalized spacial score (nSPS) is 10.7. The van der Waals surface area contributed by atoms with Crippen molar-refractivity contribution in [3.63, 3.8) is 0 Å². The maximum Gasteiger partial charge on any atom is 0.124 e. The molecule has 1 heterocycles. The van der Waals surface area contributed by atoms with Gasteiger partial charge in [0.1, 0.15) is 10.0 Å². The van der Waals surface area contributed by atoms with Crippen molar-refractivity contribution < 1.29 is 0 Å². The van der Waals surface area contributed by atoms with Crippen LogP contribution in [0.3, 0.4) is 0 Å². The second-order valence-corrected chi connectivity index (χ2v) is 7.04. The van der Waals surface area contributed by atoms with Crippen LogP contribution in [0.1, 0.15) is 5.56 Å². The first-order chi connectivity index (χ1) is 9.81. The van der Waals surface area contributed by atoms with Crippen molar-refractivity contribution in [1.29, 1.82) is 0 Å². The topological polar surface area (TPSA) is 12.9 Å². The van der Waals surface area contributed by atoms with E-state index in [0.717, 1.165) is 25.8 Å². The molecule has 0 aliphatic rings. The molecular weight excluding hydrogens is 350 g/mol. The highest BCUT2D eigenvalue weighted by Crippen LogP contribution is 2.31. The van der Waals surface area contributed by atoms with Crippen molar-refractivity contribution in [2.45, 2.75) is 10.8 Å². The fourth-order valence-electron chi connectivity index (χ4n) is 1.81. The Bertz CT molecular complexity index is 694. The summed E-state index contributed by atoms with van der Waals surface area (Å²) in [4.78, 5) is 4.70. The zero-order chi connectivity index (χ0) is 13.8. The Morgan fingerprint density at radius 2 is 1.90 bits per heavy atom. The number of hydrogen-bond acceptors (Lipinski definition) is 3. The molecular formula is C16H12BrNS2. The van der Waals surface area contributed by atoms with Gasteiger partial charge in [-0.2, -0.15) is 0 Å². The van der Waals surface area contributed by atoms with E-state index in [1.54, 1.807) is 23.1 Å². The first-order valence-corrected chi connectivity index (χ1v) is 8.85. The highest BCUT2D eigenvalue weighted by molar-refractivity contribution is 9.10. The fourth-order valence-corrected chi connectivity index (χ4v) is 4.03. The van der Waals surface area contributed by atoms with Gasteiger partial charge in [-0.1, -0.05) is 58.4 Å². The predicted molar refractivity (Wildman–Crippen MR) is 91.3 cm³/mol. The van der Waals surface area contributed by atoms with Gasteiger partial charge in [-0.15, -0.1) is 23.1 Å². The Balaban J connectivity index is 1.71. The number of halogens is 1. The Morgan fingerprint density at radius 1 is 1.05 bits per heavy atom. The summed E-state index contributed by atoms with van der Waals surface area (Å²) in [6, 6.07) is 18.7. The molecule has 0 aliphatic carbocycles. The number of hydrogen-bond donors (Lipinski definition) is 0. The second kappa shape index (κ2) is 6.57. The van der Waals surface area contributed by atoms with E-state index in [9.17, 15) is 0 Å². The van der Waals surface area contributed by atoms with E-state index in [0.29, 0.717) is 0 Å². The third-order valence-electron chi connectivity index (χ3n) is 2.78. The molecule has 4 heteroatoms. The lowest BCUT2D eigenvalue weighted by molar-refractivity contribution is 1.20. The van der Waals surface area contributed by atoms with Crippen molar-refractivity contribution in [2.75, 3.05) is 0 Å². The van der Waals surface area contributed by atoms with E-state index in [1.165, 1.54) is 5.56 Å². The minimum absolute atomic E-state index is 0.961. The van der Waals surface area contributed by atoms with E-state index in [-0.39, 0.29) is 0 Å². The molecule has 0 N–H and O–H groups in total. The largest absolute Gasteiger partial charge is 0.230 e. The Hall–Kier alpha value is -1.10. The van der Waals surface area contributed by atoms with Crippen LogP contribution >= 0.6 is 39.0 Å². The van der Waals surface area contributed by atoms with Crippen LogP contribution in [-0.2, 0) is 5.75 Å². The number of nitrogens with zero attached hydrogens (tertiary/aromatic N) is 1. The molecule has 0 atom stereocenters. The molecule has 0 amide bonds. The Morgan fingerprint density at radius 3 is 2.70 bits per heavy atom. The third kappa shape index (κ3) is 3.51. The zero-order valence-corrected chi connectivity index (χ0v) is 13.8. The number of thioether (sulfide) groups is 1. The standard InChI is InChI=1S/C16H12BrNS2/c17-14-8-4-7-13(9-14)16-18-15(11-20-16)19-10-12-5-2-1-3-6-12/h1-9,11H,10H2. The summed E-state index contributed by atoms with van der Waals surface area (Å²) < 4.78 is 1.09. The van der Waals surface area contributed by atoms with Crippen molar-refractivity contribution in [1.82, 2.24) is 4.98 Å². The molecule has 3 rings (SSSR count). The SMILES string of the molecule is Brc1cccc(-c2nc(SCc3ccccc3)cs2)c1. The van der Waals surface area contributed by atoms with Crippen LogP contribution < -0.4 is 0 Å². The van der Waals surface area contributed by atoms with E-state index in [4.69, 9.17) is 4.98 Å².